The summed E-state index contributed by atoms with van der Waals surface area (Å²) in [5.74, 6) is 0. The van der Waals surface area contributed by atoms with Crippen LogP contribution >= 0.6 is 0 Å². The van der Waals surface area contributed by atoms with Crippen LogP contribution in [-0.4, -0.2) is 0 Å². The first-order valence-electron chi connectivity index (χ1n) is 5.20. The highest BCUT2D eigenvalue weighted by Crippen LogP contribution is -0.473. The average molecular weight is 170 g/mol. The van der Waals surface area contributed by atoms with Crippen LogP contribution in [0.25, 0.3) is 0 Å². The second-order valence-corrected chi connectivity index (χ2v) is 0. The van der Waals surface area contributed by atoms with Crippen molar-refractivity contribution in [1.82, 2.24) is 55.3 Å². The van der Waals surface area contributed by atoms with Gasteiger partial charge in [-0.2, -0.15) is 0 Å². The molecule has 27 N–H and O–H groups in total. The summed E-state index contributed by atoms with van der Waals surface area (Å²) in [5, 5.41) is 0. The van der Waals surface area contributed by atoms with Crippen molar-refractivity contribution in [1.29, 1.82) is 0 Å². The Hall–Kier alpha value is -0.360. The second-order valence-electron chi connectivity index (χ2n) is 0. The van der Waals surface area contributed by atoms with Crippen LogP contribution in [-0.2, 0) is 0 Å². The Labute approximate surface area is 69.8 Å². The van der Waals surface area contributed by atoms with E-state index in [1.165, 1.54) is 0 Å². The Bertz CT molecular complexity index is 18.0. The maximum Gasteiger partial charge on any atom is 0.115 e. The van der Waals surface area contributed by atoms with Crippen molar-refractivity contribution < 1.29 is 12.7 Å². The van der Waals surface area contributed by atoms with Crippen molar-refractivity contribution in [3.63, 3.8) is 0 Å². The first-order valence-corrected chi connectivity index (χ1v) is 0. The van der Waals surface area contributed by atoms with E-state index in [0.717, 1.165) is 0 Å². The zero-order chi connectivity index (χ0) is 18.0. The van der Waals surface area contributed by atoms with Gasteiger partial charge in [0.2, 0.25) is 0 Å². The smallest absolute Gasteiger partial charge is 0.115 e. The van der Waals surface area contributed by atoms with Crippen LogP contribution in [0.4, 0.5) is 0 Å². The predicted molar refractivity (Wildman–Crippen MR) is 45.2 cm³/mol. The molecule has 0 rings (SSSR count). The van der Waals surface area contributed by atoms with Gasteiger partial charge in [0, 0.05) is 0 Å². The van der Waals surface area contributed by atoms with Crippen molar-refractivity contribution >= 4 is 0 Å². The van der Waals surface area contributed by atoms with Crippen molar-refractivity contribution in [2.24, 2.45) is 0 Å². The minimum Gasteiger partial charge on any atom is -0.344 e. The summed E-state index contributed by atoms with van der Waals surface area (Å²) >= 11 is 0. The number of hydrogen-bond donors (Lipinski definition) is 9. The Morgan fingerprint density at radius 3 is 0.556 bits per heavy atom. The van der Waals surface area contributed by atoms with Crippen molar-refractivity contribution in [2.45, 2.75) is 0 Å². The van der Waals surface area contributed by atoms with Crippen LogP contribution in [0.15, 0.2) is 0 Å². The Morgan fingerprint density at radius 1 is 0.556 bits per heavy atom. The van der Waals surface area contributed by atoms with Gasteiger partial charge in [-0.05, 0) is 0 Å². The largest absolute Gasteiger partial charge is 0.344 e. The summed E-state index contributed by atoms with van der Waals surface area (Å²) in [6.07, 6.45) is 33.8. The molecule has 0 heterocycles. The predicted octanol–water partition coefficient (Wildman–Crippen LogP) is 1.46. The fraction of sp³-hybridized carbons (Fsp3) is 0. The molecule has 0 saturated heterocycles. The van der Waals surface area contributed by atoms with Gasteiger partial charge in [-0.15, -0.1) is 0 Å². The highest BCUT2D eigenvalue weighted by Gasteiger charge is -0.336. The van der Waals surface area contributed by atoms with E-state index in [1.54, 1.807) is 0 Å². The standard InChI is InChI=1S/9H3N/h9*1H3/i/hT8D. The maximum absolute atomic E-state index is 5.25. The molecular weight excluding hydrogens is 126 g/mol. The fourth-order valence-electron chi connectivity index (χ4n) is 0. The molecule has 0 aromatic rings. The molecule has 0 atom stereocenters. The Balaban J connectivity index is -0.00000000723. The molecular formula is H27N9. The lowest BCUT2D eigenvalue weighted by molar-refractivity contribution is 2.13. The zero-order valence-electron chi connectivity index (χ0n) is 14.2. The van der Waals surface area contributed by atoms with Crippen LogP contribution in [0.2, 0.25) is 12.7 Å². The molecule has 72 valence electrons. The van der Waals surface area contributed by atoms with E-state index in [1.807, 2.05) is 0 Å². The zero-order valence-corrected chi connectivity index (χ0v) is 5.20. The summed E-state index contributed by atoms with van der Waals surface area (Å²) in [7, 11) is 0. The van der Waals surface area contributed by atoms with Crippen LogP contribution in [0, 0.1) is 0 Å². The van der Waals surface area contributed by atoms with E-state index in [-0.39, 0.29) is 0 Å². The van der Waals surface area contributed by atoms with Gasteiger partial charge < -0.3 is 55.3 Å². The van der Waals surface area contributed by atoms with E-state index in [9.17, 15) is 0 Å². The maximum atomic E-state index is 5.25. The average Bonchev–Trinajstić information content (AvgIpc) is 2.63. The molecule has 0 unspecified atom stereocenters. The molecule has 0 amide bonds. The monoisotopic (exact) mass is 170 g/mol. The van der Waals surface area contributed by atoms with E-state index in [0.29, 0.717) is 0 Å². The molecule has 0 aromatic heterocycles. The van der Waals surface area contributed by atoms with Gasteiger partial charge >= 0.3 is 0 Å². The van der Waals surface area contributed by atoms with Gasteiger partial charge in [-0.25, -0.2) is 0 Å². The minimum absolute atomic E-state index is 3.75. The summed E-state index contributed by atoms with van der Waals surface area (Å²) in [5.41, 5.74) is 0. The lowest BCUT2D eigenvalue weighted by atomic mass is 14.0. The summed E-state index contributed by atoms with van der Waals surface area (Å²) in [6.45, 7) is 0. The molecule has 0 aromatic carbocycles. The second kappa shape index (κ2) is 2600. The van der Waals surface area contributed by atoms with Crippen LogP contribution in [0.1, 0.15) is 0 Å². The van der Waals surface area contributed by atoms with Crippen molar-refractivity contribution in [2.75, 3.05) is 0 Å². The normalized spacial score (nSPS) is 7.00. The third-order valence-corrected chi connectivity index (χ3v) is 0. The highest BCUT2D eigenvalue weighted by atomic mass is 14.0. The van der Waals surface area contributed by atoms with E-state index < -0.39 is 0 Å². The van der Waals surface area contributed by atoms with Gasteiger partial charge in [0.15, 0.2) is 0 Å². The Kier molecular flexibility index (Phi) is 1950. The van der Waals surface area contributed by atoms with Gasteiger partial charge in [0.25, 0.3) is 0 Å². The molecule has 0 aliphatic carbocycles. The first kappa shape index (κ1) is 6.76. The topological polar surface area (TPSA) is 315 Å². The van der Waals surface area contributed by atoms with Crippen molar-refractivity contribution in [3.8, 4) is 0 Å². The quantitative estimate of drug-likeness (QED) is 0.253. The van der Waals surface area contributed by atoms with E-state index in [2.05, 4.69) is 55.3 Å². The molecule has 0 radical (unpaired) electrons. The fourth-order valence-corrected chi connectivity index (χ4v) is 0. The molecule has 9 heavy (non-hydrogen) atoms. The molecule has 0 fully saturated rings. The van der Waals surface area contributed by atoms with Gasteiger partial charge in [0.1, 0.15) is 12.7 Å². The molecule has 0 saturated carbocycles. The highest BCUT2D eigenvalue weighted by molar-refractivity contribution is 2.14. The molecule has 0 spiro atoms. The van der Waals surface area contributed by atoms with E-state index >= 15 is 0 Å². The Morgan fingerprint density at radius 2 is 0.556 bits per heavy atom. The van der Waals surface area contributed by atoms with Gasteiger partial charge in [-0.1, -0.05) is 0 Å². The van der Waals surface area contributed by atoms with Crippen LogP contribution < -0.4 is 55.3 Å². The third-order valence-electron chi connectivity index (χ3n) is 0. The molecule has 9 heteroatoms. The molecule has 0 aliphatic rings. The summed E-state index contributed by atoms with van der Waals surface area (Å²) in [6, 6.07) is 0. The van der Waals surface area contributed by atoms with Gasteiger partial charge in [-0.3, -0.25) is 0 Å². The van der Waals surface area contributed by atoms with Crippen LogP contribution in [0.3, 0.4) is 0 Å². The molecule has 9 nitrogen and oxygen atoms in total. The SMILES string of the molecule is [2H]N.[3H]N.[3H]N.[3H]N.[3H]N.[3H]N.[3H]N.[3H]N.[3H]N. The lowest BCUT2D eigenvalue weighted by Gasteiger charge is -0.345. The minimum atomic E-state index is 3.75. The van der Waals surface area contributed by atoms with Gasteiger partial charge in [0.05, 0.1) is 0 Å². The summed E-state index contributed by atoms with van der Waals surface area (Å²) in [4.78, 5) is 0. The molecule has 0 bridgehead atoms. The van der Waals surface area contributed by atoms with E-state index in [4.69, 9.17) is 12.7 Å². The molecule has 0 aliphatic heterocycles. The number of rotatable bonds is 0. The number of hydrogen-bond acceptors (Lipinski definition) is 9. The summed E-state index contributed by atoms with van der Waals surface area (Å²) < 4.78 is 47.2. The first-order chi connectivity index (χ1) is 9.00. The third kappa shape index (κ3) is 1880. The van der Waals surface area contributed by atoms with Crippen molar-refractivity contribution in [3.05, 3.63) is 0 Å². The lowest BCUT2D eigenvalue weighted by Crippen LogP contribution is -0.482. The van der Waals surface area contributed by atoms with Crippen LogP contribution in [0.5, 0.6) is 0 Å².